The van der Waals surface area contributed by atoms with Crippen LogP contribution >= 0.6 is 0 Å². The van der Waals surface area contributed by atoms with Gasteiger partial charge in [-0.05, 0) is 13.0 Å². The van der Waals surface area contributed by atoms with Gasteiger partial charge in [-0.25, -0.2) is 0 Å². The van der Waals surface area contributed by atoms with E-state index in [2.05, 4.69) is 10.1 Å². The fraction of sp³-hybridized carbons (Fsp3) is 0.111. The third-order valence-corrected chi connectivity index (χ3v) is 1.83. The van der Waals surface area contributed by atoms with Crippen molar-refractivity contribution in [2.45, 2.75) is 6.92 Å². The average molecular weight is 176 g/mol. The molecule has 0 aliphatic rings. The lowest BCUT2D eigenvalue weighted by atomic mass is 10.1. The number of aromatic nitrogens is 2. The molecule has 0 bridgehead atoms. The molecule has 0 aliphatic heterocycles. The third kappa shape index (κ3) is 1.26. The van der Waals surface area contributed by atoms with Crippen LogP contribution in [0.2, 0.25) is 0 Å². The molecule has 4 heteroatoms. The smallest absolute Gasteiger partial charge is 0.288 e. The molecule has 0 atom stereocenters. The number of aromatic amines is 1. The van der Waals surface area contributed by atoms with Crippen molar-refractivity contribution in [1.82, 2.24) is 10.1 Å². The van der Waals surface area contributed by atoms with Crippen LogP contribution < -0.4 is 5.56 Å². The highest BCUT2D eigenvalue weighted by atomic mass is 16.5. The van der Waals surface area contributed by atoms with Crippen LogP contribution in [-0.2, 0) is 0 Å². The molecule has 66 valence electrons. The molecule has 0 aliphatic carbocycles. The summed E-state index contributed by atoms with van der Waals surface area (Å²) in [5, 5.41) is 2.28. The van der Waals surface area contributed by atoms with E-state index in [-0.39, 0.29) is 5.56 Å². The Hall–Kier alpha value is -1.84. The first kappa shape index (κ1) is 7.79. The maximum atomic E-state index is 11.3. The van der Waals surface area contributed by atoms with Gasteiger partial charge in [-0.15, -0.1) is 0 Å². The van der Waals surface area contributed by atoms with Gasteiger partial charge in [-0.1, -0.05) is 6.07 Å². The summed E-state index contributed by atoms with van der Waals surface area (Å²) in [5.74, 6) is 0.581. The molecule has 0 unspecified atom stereocenters. The van der Waals surface area contributed by atoms with E-state index in [4.69, 9.17) is 4.52 Å². The van der Waals surface area contributed by atoms with Gasteiger partial charge < -0.3 is 4.52 Å². The van der Waals surface area contributed by atoms with Gasteiger partial charge >= 0.3 is 0 Å². The molecular formula is C9H8N2O2. The second-order valence-corrected chi connectivity index (χ2v) is 2.71. The van der Waals surface area contributed by atoms with Gasteiger partial charge in [0.2, 0.25) is 0 Å². The molecule has 0 fully saturated rings. The average Bonchev–Trinajstić information content (AvgIpc) is 2.48. The summed E-state index contributed by atoms with van der Waals surface area (Å²) >= 11 is 0. The number of aryl methyl sites for hydroxylation is 1. The van der Waals surface area contributed by atoms with E-state index in [0.29, 0.717) is 11.3 Å². The Balaban J connectivity index is 2.65. The molecule has 2 aromatic heterocycles. The van der Waals surface area contributed by atoms with Crippen LogP contribution in [0, 0.1) is 6.92 Å². The summed E-state index contributed by atoms with van der Waals surface area (Å²) in [6, 6.07) is 3.60. The van der Waals surface area contributed by atoms with Crippen molar-refractivity contribution < 1.29 is 4.52 Å². The number of pyridine rings is 1. The monoisotopic (exact) mass is 176 g/mol. The highest BCUT2D eigenvalue weighted by Crippen LogP contribution is 2.16. The van der Waals surface area contributed by atoms with Crippen molar-refractivity contribution in [3.05, 3.63) is 40.6 Å². The summed E-state index contributed by atoms with van der Waals surface area (Å²) < 4.78 is 4.88. The minimum atomic E-state index is -0.217. The Morgan fingerprint density at radius 1 is 1.54 bits per heavy atom. The highest BCUT2D eigenvalue weighted by Gasteiger charge is 2.09. The van der Waals surface area contributed by atoms with Crippen LogP contribution in [-0.4, -0.2) is 10.1 Å². The minimum Gasteiger partial charge on any atom is -0.383 e. The van der Waals surface area contributed by atoms with Crippen molar-refractivity contribution in [3.63, 3.8) is 0 Å². The van der Waals surface area contributed by atoms with E-state index in [0.717, 1.165) is 5.56 Å². The quantitative estimate of drug-likeness (QED) is 0.713. The van der Waals surface area contributed by atoms with Crippen molar-refractivity contribution in [1.29, 1.82) is 0 Å². The Labute approximate surface area is 74.2 Å². The lowest BCUT2D eigenvalue weighted by Crippen LogP contribution is -2.01. The highest BCUT2D eigenvalue weighted by molar-refractivity contribution is 5.62. The summed E-state index contributed by atoms with van der Waals surface area (Å²) in [7, 11) is 0. The van der Waals surface area contributed by atoms with E-state index in [9.17, 15) is 4.79 Å². The summed E-state index contributed by atoms with van der Waals surface area (Å²) in [6.07, 6.45) is 3.29. The van der Waals surface area contributed by atoms with Crippen LogP contribution in [0.15, 0.2) is 33.8 Å². The number of nitrogens with one attached hydrogen (secondary N) is 1. The summed E-state index contributed by atoms with van der Waals surface area (Å²) in [4.78, 5) is 15.2. The van der Waals surface area contributed by atoms with Crippen LogP contribution in [0.1, 0.15) is 5.76 Å². The van der Waals surface area contributed by atoms with E-state index in [1.54, 1.807) is 25.4 Å². The first-order valence-corrected chi connectivity index (χ1v) is 3.87. The van der Waals surface area contributed by atoms with Crippen molar-refractivity contribution >= 4 is 0 Å². The first-order valence-electron chi connectivity index (χ1n) is 3.87. The molecule has 2 rings (SSSR count). The zero-order valence-electron chi connectivity index (χ0n) is 7.07. The topological polar surface area (TPSA) is 58.9 Å². The number of nitrogens with zero attached hydrogens (tertiary/aromatic N) is 1. The van der Waals surface area contributed by atoms with Gasteiger partial charge in [0.15, 0.2) is 0 Å². The molecule has 0 radical (unpaired) electrons. The molecule has 1 N–H and O–H groups in total. The fourth-order valence-electron chi connectivity index (χ4n) is 1.23. The van der Waals surface area contributed by atoms with Crippen LogP contribution in [0.3, 0.4) is 0 Å². The maximum Gasteiger partial charge on any atom is 0.288 e. The van der Waals surface area contributed by atoms with Gasteiger partial charge in [-0.2, -0.15) is 5.16 Å². The predicted octanol–water partition coefficient (Wildman–Crippen LogP) is 1.34. The molecule has 0 aromatic carbocycles. The fourth-order valence-corrected chi connectivity index (χ4v) is 1.23. The second kappa shape index (κ2) is 2.90. The van der Waals surface area contributed by atoms with Gasteiger partial charge in [0.1, 0.15) is 5.76 Å². The molecule has 0 spiro atoms. The number of H-pyrrole nitrogens is 1. The summed E-state index contributed by atoms with van der Waals surface area (Å²) in [6.45, 7) is 1.74. The molecule has 0 saturated carbocycles. The maximum absolute atomic E-state index is 11.3. The Morgan fingerprint density at radius 2 is 2.38 bits per heavy atom. The second-order valence-electron chi connectivity index (χ2n) is 2.71. The Bertz CT molecular complexity index is 456. The van der Waals surface area contributed by atoms with Gasteiger partial charge in [0.05, 0.1) is 5.56 Å². The minimum absolute atomic E-state index is 0.217. The van der Waals surface area contributed by atoms with E-state index in [1.807, 2.05) is 6.07 Å². The molecule has 0 saturated heterocycles. The SMILES string of the molecule is Cc1o[nH]c(=O)c1-c1cccnc1. The molecule has 2 heterocycles. The largest absolute Gasteiger partial charge is 0.383 e. The van der Waals surface area contributed by atoms with Crippen molar-refractivity contribution in [2.24, 2.45) is 0 Å². The third-order valence-electron chi connectivity index (χ3n) is 1.83. The summed E-state index contributed by atoms with van der Waals surface area (Å²) in [5.41, 5.74) is 1.11. The van der Waals surface area contributed by atoms with Crippen LogP contribution in [0.5, 0.6) is 0 Å². The molecule has 0 amide bonds. The standard InChI is InChI=1S/C9H8N2O2/c1-6-8(9(12)11-13-6)7-3-2-4-10-5-7/h2-5H,1H3,(H,11,12). The van der Waals surface area contributed by atoms with Crippen molar-refractivity contribution in [2.75, 3.05) is 0 Å². The number of hydrogen-bond acceptors (Lipinski definition) is 3. The number of rotatable bonds is 1. The normalized spacial score (nSPS) is 10.2. The Morgan fingerprint density at radius 3 is 2.92 bits per heavy atom. The molecule has 2 aromatic rings. The van der Waals surface area contributed by atoms with Crippen LogP contribution in [0.4, 0.5) is 0 Å². The van der Waals surface area contributed by atoms with Gasteiger partial charge in [-0.3, -0.25) is 9.78 Å². The van der Waals surface area contributed by atoms with E-state index in [1.165, 1.54) is 0 Å². The van der Waals surface area contributed by atoms with Crippen molar-refractivity contribution in [3.8, 4) is 11.1 Å². The zero-order chi connectivity index (χ0) is 9.26. The molecule has 4 nitrogen and oxygen atoms in total. The van der Waals surface area contributed by atoms with Gasteiger partial charge in [0, 0.05) is 18.0 Å². The predicted molar refractivity (Wildman–Crippen MR) is 47.3 cm³/mol. The lowest BCUT2D eigenvalue weighted by molar-refractivity contribution is 0.392. The number of hydrogen-bond donors (Lipinski definition) is 1. The zero-order valence-corrected chi connectivity index (χ0v) is 7.07. The lowest BCUT2D eigenvalue weighted by Gasteiger charge is -1.93. The molecule has 13 heavy (non-hydrogen) atoms. The first-order chi connectivity index (χ1) is 6.29. The van der Waals surface area contributed by atoms with E-state index < -0.39 is 0 Å². The Kier molecular flexibility index (Phi) is 1.73. The van der Waals surface area contributed by atoms with Gasteiger partial charge in [0.25, 0.3) is 5.56 Å². The van der Waals surface area contributed by atoms with Crippen LogP contribution in [0.25, 0.3) is 11.1 Å². The van der Waals surface area contributed by atoms with E-state index >= 15 is 0 Å². The molecular weight excluding hydrogens is 168 g/mol.